The summed E-state index contributed by atoms with van der Waals surface area (Å²) in [6.07, 6.45) is 4.30. The van der Waals surface area contributed by atoms with Crippen molar-refractivity contribution in [3.8, 4) is 0 Å². The molecule has 2 heterocycles. The number of hydrogen-bond acceptors (Lipinski definition) is 4. The molecule has 4 nitrogen and oxygen atoms in total. The summed E-state index contributed by atoms with van der Waals surface area (Å²) in [5.74, 6) is 0. The van der Waals surface area contributed by atoms with Gasteiger partial charge in [0.25, 0.3) is 0 Å². The van der Waals surface area contributed by atoms with Crippen LogP contribution in [-0.4, -0.2) is 0 Å². The molecule has 0 aliphatic carbocycles. The van der Waals surface area contributed by atoms with Crippen molar-refractivity contribution in [1.82, 2.24) is 0 Å². The maximum Gasteiger partial charge on any atom is 0.159 e. The molecule has 0 aliphatic rings. The van der Waals surface area contributed by atoms with E-state index in [-0.39, 0.29) is 0 Å². The number of nitrogens with zero attached hydrogens (tertiary/aromatic N) is 2. The van der Waals surface area contributed by atoms with Gasteiger partial charge in [0.1, 0.15) is 11.2 Å². The molecule has 10 aromatic carbocycles. The third-order valence-corrected chi connectivity index (χ3v) is 13.4. The normalized spacial score (nSPS) is 12.0. The highest BCUT2D eigenvalue weighted by Gasteiger charge is 2.26. The fraction of sp³-hybridized carbons (Fsp3) is 0.133. The van der Waals surface area contributed by atoms with Crippen LogP contribution in [0.1, 0.15) is 48.9 Å². The summed E-state index contributed by atoms with van der Waals surface area (Å²) in [5, 5.41) is 11.8. The first-order valence-corrected chi connectivity index (χ1v) is 22.8. The van der Waals surface area contributed by atoms with Gasteiger partial charge in [0.05, 0.1) is 22.7 Å². The van der Waals surface area contributed by atoms with Gasteiger partial charge in [-0.25, -0.2) is 0 Å². The second-order valence-corrected chi connectivity index (χ2v) is 17.5. The lowest BCUT2D eigenvalue weighted by molar-refractivity contribution is 0.665. The maximum absolute atomic E-state index is 6.87. The standard InChI is InChI=1S/C60H48N2O2/c1-5-11-39-21-29-43(30-22-39)61(53-19-9-17-47-45-15-7-13-37(3)57(45)63-59(47)53)51-35-27-41-26-34-50-52(36-28-42-25-33-49(51)55(41)56(42)50)62(44-31-23-40(12-6-2)24-32-44)54-20-10-18-48-46-16-8-14-38(4)58(46)64-60(48)54/h7-10,13-36H,5-6,11-12H2,1-4H3. The molecule has 4 heteroatoms. The topological polar surface area (TPSA) is 32.8 Å². The number of rotatable bonds is 10. The van der Waals surface area contributed by atoms with Crippen molar-refractivity contribution in [2.75, 3.05) is 9.80 Å². The molecular weight excluding hydrogens is 781 g/mol. The van der Waals surface area contributed by atoms with Gasteiger partial charge in [-0.1, -0.05) is 148 Å². The minimum absolute atomic E-state index is 0.882. The predicted molar refractivity (Wildman–Crippen MR) is 272 cm³/mol. The molecule has 310 valence electrons. The molecule has 0 saturated heterocycles. The van der Waals surface area contributed by atoms with Crippen molar-refractivity contribution < 1.29 is 8.83 Å². The molecular formula is C60H48N2O2. The summed E-state index contributed by atoms with van der Waals surface area (Å²) in [5.41, 5.74) is 15.0. The van der Waals surface area contributed by atoms with E-state index in [9.17, 15) is 0 Å². The second kappa shape index (κ2) is 15.1. The average molecular weight is 829 g/mol. The molecule has 0 spiro atoms. The van der Waals surface area contributed by atoms with Gasteiger partial charge in [0.15, 0.2) is 11.2 Å². The van der Waals surface area contributed by atoms with E-state index in [1.807, 2.05) is 0 Å². The highest BCUT2D eigenvalue weighted by Crippen LogP contribution is 2.50. The molecule has 2 aromatic heterocycles. The van der Waals surface area contributed by atoms with Crippen LogP contribution in [0.5, 0.6) is 0 Å². The number of hydrogen-bond donors (Lipinski definition) is 0. The Morgan fingerprint density at radius 1 is 0.344 bits per heavy atom. The molecule has 0 fully saturated rings. The quantitative estimate of drug-likeness (QED) is 0.129. The van der Waals surface area contributed by atoms with Crippen molar-refractivity contribution >= 4 is 110 Å². The summed E-state index contributed by atoms with van der Waals surface area (Å²) in [4.78, 5) is 4.83. The van der Waals surface area contributed by atoms with Crippen LogP contribution in [0.3, 0.4) is 0 Å². The van der Waals surface area contributed by atoms with Crippen molar-refractivity contribution in [2.24, 2.45) is 0 Å². The van der Waals surface area contributed by atoms with Crippen LogP contribution >= 0.6 is 0 Å². The van der Waals surface area contributed by atoms with Gasteiger partial charge in [-0.3, -0.25) is 0 Å². The molecule has 0 amide bonds. The summed E-state index contributed by atoms with van der Waals surface area (Å²) in [7, 11) is 0. The van der Waals surface area contributed by atoms with Crippen LogP contribution in [-0.2, 0) is 12.8 Å². The van der Waals surface area contributed by atoms with E-state index in [1.165, 1.54) is 43.4 Å². The first kappa shape index (κ1) is 38.1. The lowest BCUT2D eigenvalue weighted by atomic mass is 9.91. The van der Waals surface area contributed by atoms with Gasteiger partial charge in [-0.15, -0.1) is 0 Å². The highest BCUT2D eigenvalue weighted by molar-refractivity contribution is 6.28. The van der Waals surface area contributed by atoms with E-state index >= 15 is 0 Å². The Morgan fingerprint density at radius 3 is 1.12 bits per heavy atom. The largest absolute Gasteiger partial charge is 0.454 e. The van der Waals surface area contributed by atoms with Crippen LogP contribution in [0.2, 0.25) is 0 Å². The van der Waals surface area contributed by atoms with Crippen molar-refractivity contribution in [3.63, 3.8) is 0 Å². The van der Waals surface area contributed by atoms with E-state index in [4.69, 9.17) is 8.83 Å². The maximum atomic E-state index is 6.87. The van der Waals surface area contributed by atoms with Crippen molar-refractivity contribution in [2.45, 2.75) is 53.4 Å². The summed E-state index contributed by atoms with van der Waals surface area (Å²) < 4.78 is 13.7. The Bertz CT molecular complexity index is 3480. The number of fused-ring (bicyclic) bond motifs is 6. The van der Waals surface area contributed by atoms with E-state index < -0.39 is 0 Å². The molecule has 0 N–H and O–H groups in total. The average Bonchev–Trinajstić information content (AvgIpc) is 3.92. The summed E-state index contributed by atoms with van der Waals surface area (Å²) in [6.45, 7) is 8.74. The Morgan fingerprint density at radius 2 is 0.719 bits per heavy atom. The van der Waals surface area contributed by atoms with Crippen molar-refractivity contribution in [1.29, 1.82) is 0 Å². The minimum atomic E-state index is 0.882. The van der Waals surface area contributed by atoms with Crippen LogP contribution in [0, 0.1) is 13.8 Å². The first-order valence-electron chi connectivity index (χ1n) is 22.8. The predicted octanol–water partition coefficient (Wildman–Crippen LogP) is 17.8. The van der Waals surface area contributed by atoms with Gasteiger partial charge in [-0.2, -0.15) is 0 Å². The third-order valence-electron chi connectivity index (χ3n) is 13.4. The fourth-order valence-electron chi connectivity index (χ4n) is 10.4. The highest BCUT2D eigenvalue weighted by atomic mass is 16.3. The van der Waals surface area contributed by atoms with E-state index in [0.29, 0.717) is 0 Å². The van der Waals surface area contributed by atoms with Crippen LogP contribution in [0.4, 0.5) is 34.1 Å². The van der Waals surface area contributed by atoms with Gasteiger partial charge in [0.2, 0.25) is 0 Å². The Hall–Kier alpha value is -7.56. The molecule has 12 rings (SSSR count). The zero-order chi connectivity index (χ0) is 43.1. The minimum Gasteiger partial charge on any atom is -0.454 e. The van der Waals surface area contributed by atoms with Gasteiger partial charge >= 0.3 is 0 Å². The second-order valence-electron chi connectivity index (χ2n) is 17.5. The Balaban J connectivity index is 1.12. The van der Waals surface area contributed by atoms with Gasteiger partial charge < -0.3 is 18.6 Å². The third kappa shape index (κ3) is 5.89. The van der Waals surface area contributed by atoms with E-state index in [2.05, 4.69) is 207 Å². The van der Waals surface area contributed by atoms with Crippen LogP contribution in [0.25, 0.3) is 76.2 Å². The molecule has 0 atom stereocenters. The Kier molecular flexibility index (Phi) is 8.98. The zero-order valence-electron chi connectivity index (χ0n) is 36.7. The lowest BCUT2D eigenvalue weighted by Gasteiger charge is -2.29. The fourth-order valence-corrected chi connectivity index (χ4v) is 10.4. The first-order chi connectivity index (χ1) is 31.5. The van der Waals surface area contributed by atoms with E-state index in [1.54, 1.807) is 0 Å². The molecule has 0 unspecified atom stereocenters. The molecule has 0 radical (unpaired) electrons. The molecule has 0 aliphatic heterocycles. The lowest BCUT2D eigenvalue weighted by Crippen LogP contribution is -2.12. The van der Waals surface area contributed by atoms with E-state index in [0.717, 1.165) is 115 Å². The Labute approximate surface area is 372 Å². The summed E-state index contributed by atoms with van der Waals surface area (Å²) in [6, 6.07) is 62.7. The van der Waals surface area contributed by atoms with Crippen LogP contribution in [0.15, 0.2) is 179 Å². The smallest absolute Gasteiger partial charge is 0.159 e. The van der Waals surface area contributed by atoms with Crippen molar-refractivity contribution in [3.05, 3.63) is 192 Å². The number of furan rings is 2. The zero-order valence-corrected chi connectivity index (χ0v) is 36.7. The number of anilines is 6. The number of benzene rings is 10. The molecule has 0 saturated carbocycles. The number of aryl methyl sites for hydroxylation is 4. The molecule has 64 heavy (non-hydrogen) atoms. The monoisotopic (exact) mass is 828 g/mol. The molecule has 12 aromatic rings. The van der Waals surface area contributed by atoms with Gasteiger partial charge in [0, 0.05) is 43.7 Å². The SMILES string of the molecule is CCCc1ccc(N(c2ccc3ccc4c(N(c5ccc(CCC)cc5)c5cccc6c5oc5c(C)cccc56)ccc5ccc2c3c54)c2cccc3c2oc2c(C)cccc23)cc1. The number of para-hydroxylation sites is 4. The van der Waals surface area contributed by atoms with Crippen LogP contribution < -0.4 is 9.80 Å². The molecule has 0 bridgehead atoms. The summed E-state index contributed by atoms with van der Waals surface area (Å²) >= 11 is 0. The van der Waals surface area contributed by atoms with Gasteiger partial charge in [-0.05, 0) is 119 Å².